The molecule has 0 amide bonds. The highest BCUT2D eigenvalue weighted by Crippen LogP contribution is 2.26. The van der Waals surface area contributed by atoms with Gasteiger partial charge in [-0.05, 0) is 0 Å². The van der Waals surface area contributed by atoms with Crippen LogP contribution in [0.25, 0.3) is 0 Å². The number of hydrogen-bond acceptors (Lipinski definition) is 3. The van der Waals surface area contributed by atoms with Crippen LogP contribution in [0.2, 0.25) is 6.04 Å². The number of halogens is 3. The Morgan fingerprint density at radius 3 is 1.57 bits per heavy atom. The average Bonchev–Trinajstić information content (AvgIpc) is 2.06. The van der Waals surface area contributed by atoms with Crippen LogP contribution < -0.4 is 0 Å². The largest absolute Gasteiger partial charge is 0.500 e. The zero-order chi connectivity index (χ0) is 10.5. The van der Waals surface area contributed by atoms with Crippen molar-refractivity contribution in [2.24, 2.45) is 0 Å². The van der Waals surface area contributed by atoms with Crippen molar-refractivity contribution >= 4 is 18.7 Å². The van der Waals surface area contributed by atoms with E-state index >= 15 is 0 Å². The van der Waals surface area contributed by atoms with E-state index in [0.717, 1.165) is 0 Å². The van der Waals surface area contributed by atoms with Crippen LogP contribution >= 0.6 is 9.90 Å². The second-order valence-corrected chi connectivity index (χ2v) is 5.50. The molecule has 14 heavy (non-hydrogen) atoms. The quantitative estimate of drug-likeness (QED) is 0.552. The van der Waals surface area contributed by atoms with Gasteiger partial charge in [-0.15, -0.1) is 0 Å². The third-order valence-electron chi connectivity index (χ3n) is 1.65. The standard InChI is InChI=1S/C6H13F3O3Si.H3P/c1-10-13(11-2,12-3)5-4-6(7,8)9;/h4-5H2,1-3H3;1H3. The molecule has 0 N–H and O–H groups in total. The molecule has 3 nitrogen and oxygen atoms in total. The molecule has 8 heteroatoms. The van der Waals surface area contributed by atoms with Crippen molar-refractivity contribution in [2.75, 3.05) is 21.3 Å². The van der Waals surface area contributed by atoms with Crippen LogP contribution in [-0.2, 0) is 13.3 Å². The van der Waals surface area contributed by atoms with E-state index in [2.05, 4.69) is 0 Å². The van der Waals surface area contributed by atoms with Gasteiger partial charge in [0.1, 0.15) is 0 Å². The summed E-state index contributed by atoms with van der Waals surface area (Å²) in [5.74, 6) is 0. The minimum Gasteiger partial charge on any atom is -0.377 e. The van der Waals surface area contributed by atoms with Gasteiger partial charge >= 0.3 is 15.0 Å². The molecule has 88 valence electrons. The van der Waals surface area contributed by atoms with E-state index in [1.54, 1.807) is 0 Å². The summed E-state index contributed by atoms with van der Waals surface area (Å²) in [6, 6.07) is -0.250. The second kappa shape index (κ2) is 6.74. The molecule has 0 saturated heterocycles. The van der Waals surface area contributed by atoms with Crippen molar-refractivity contribution in [3.63, 3.8) is 0 Å². The Balaban J connectivity index is 0. The Hall–Kier alpha value is 0.317. The summed E-state index contributed by atoms with van der Waals surface area (Å²) in [7, 11) is 0.815. The molecule has 0 fully saturated rings. The van der Waals surface area contributed by atoms with Gasteiger partial charge < -0.3 is 13.3 Å². The van der Waals surface area contributed by atoms with E-state index in [-0.39, 0.29) is 15.9 Å². The van der Waals surface area contributed by atoms with Gasteiger partial charge in [0.05, 0.1) is 0 Å². The first-order chi connectivity index (χ1) is 5.89. The summed E-state index contributed by atoms with van der Waals surface area (Å²) in [5, 5.41) is 0. The van der Waals surface area contributed by atoms with E-state index < -0.39 is 21.4 Å². The lowest BCUT2D eigenvalue weighted by Crippen LogP contribution is -2.43. The zero-order valence-electron chi connectivity index (χ0n) is 8.48. The maximum Gasteiger partial charge on any atom is 0.500 e. The molecule has 0 radical (unpaired) electrons. The van der Waals surface area contributed by atoms with Crippen LogP contribution in [0.3, 0.4) is 0 Å². The fourth-order valence-electron chi connectivity index (χ4n) is 0.851. The lowest BCUT2D eigenvalue weighted by molar-refractivity contribution is -0.132. The highest BCUT2D eigenvalue weighted by molar-refractivity contribution is 6.92. The summed E-state index contributed by atoms with van der Waals surface area (Å²) in [6.45, 7) is 0. The van der Waals surface area contributed by atoms with Crippen molar-refractivity contribution in [2.45, 2.75) is 18.6 Å². The smallest absolute Gasteiger partial charge is 0.377 e. The zero-order valence-corrected chi connectivity index (χ0v) is 10.9. The molecule has 0 heterocycles. The molecule has 0 aromatic carbocycles. The second-order valence-electron chi connectivity index (χ2n) is 2.41. The summed E-state index contributed by atoms with van der Waals surface area (Å²) in [6.07, 6.45) is -5.15. The predicted molar refractivity (Wildman–Crippen MR) is 53.4 cm³/mol. The Labute approximate surface area is 85.9 Å². The van der Waals surface area contributed by atoms with Gasteiger partial charge in [-0.25, -0.2) is 0 Å². The van der Waals surface area contributed by atoms with Crippen LogP contribution in [0.4, 0.5) is 13.2 Å². The van der Waals surface area contributed by atoms with Crippen molar-refractivity contribution in [3.8, 4) is 0 Å². The fourth-order valence-corrected chi connectivity index (χ4v) is 2.55. The van der Waals surface area contributed by atoms with Gasteiger partial charge in [-0.2, -0.15) is 23.1 Å². The lowest BCUT2D eigenvalue weighted by Gasteiger charge is -2.24. The molecule has 0 aliphatic rings. The monoisotopic (exact) mass is 252 g/mol. The molecule has 0 aromatic rings. The molecule has 1 atom stereocenters. The van der Waals surface area contributed by atoms with Crippen molar-refractivity contribution in [3.05, 3.63) is 0 Å². The highest BCUT2D eigenvalue weighted by Gasteiger charge is 2.42. The molecule has 0 bridgehead atoms. The molecule has 0 aromatic heterocycles. The molecular formula is C6H16F3O3PSi. The third-order valence-corrected chi connectivity index (χ3v) is 4.38. The van der Waals surface area contributed by atoms with Gasteiger partial charge in [0, 0.05) is 33.8 Å². The molecule has 0 aliphatic heterocycles. The Kier molecular flexibility index (Phi) is 8.05. The van der Waals surface area contributed by atoms with Gasteiger partial charge in [-0.1, -0.05) is 0 Å². The molecule has 0 rings (SSSR count). The molecular weight excluding hydrogens is 236 g/mol. The molecule has 0 saturated carbocycles. The molecule has 0 spiro atoms. The summed E-state index contributed by atoms with van der Waals surface area (Å²) < 4.78 is 50.0. The topological polar surface area (TPSA) is 27.7 Å². The summed E-state index contributed by atoms with van der Waals surface area (Å²) >= 11 is 0. The fraction of sp³-hybridized carbons (Fsp3) is 1.00. The number of hydrogen-bond donors (Lipinski definition) is 0. The number of rotatable bonds is 5. The average molecular weight is 252 g/mol. The third kappa shape index (κ3) is 5.92. The van der Waals surface area contributed by atoms with Crippen LogP contribution in [-0.4, -0.2) is 36.3 Å². The Morgan fingerprint density at radius 1 is 1.00 bits per heavy atom. The molecule has 0 aliphatic carbocycles. The van der Waals surface area contributed by atoms with Crippen molar-refractivity contribution in [1.82, 2.24) is 0 Å². The maximum atomic E-state index is 11.9. The normalized spacial score (nSPS) is 12.4. The SMILES string of the molecule is CO[Si](CCC(F)(F)F)(OC)OC.P. The van der Waals surface area contributed by atoms with E-state index in [1.165, 1.54) is 21.3 Å². The first-order valence-corrected chi connectivity index (χ1v) is 5.54. The highest BCUT2D eigenvalue weighted by atomic mass is 31.0. The van der Waals surface area contributed by atoms with Crippen molar-refractivity contribution < 1.29 is 26.4 Å². The Bertz CT molecular complexity index is 143. The van der Waals surface area contributed by atoms with Crippen LogP contribution in [0.15, 0.2) is 0 Å². The minimum atomic E-state index is -4.20. The van der Waals surface area contributed by atoms with Gasteiger partial charge in [0.15, 0.2) is 0 Å². The van der Waals surface area contributed by atoms with Crippen LogP contribution in [0.1, 0.15) is 6.42 Å². The first-order valence-electron chi connectivity index (χ1n) is 3.61. The maximum absolute atomic E-state index is 11.9. The van der Waals surface area contributed by atoms with Crippen molar-refractivity contribution in [1.29, 1.82) is 0 Å². The minimum absolute atomic E-state index is 0. The number of alkyl halides is 3. The Morgan fingerprint density at radius 2 is 1.36 bits per heavy atom. The summed E-state index contributed by atoms with van der Waals surface area (Å²) in [5.41, 5.74) is 0. The predicted octanol–water partition coefficient (Wildman–Crippen LogP) is 1.88. The van der Waals surface area contributed by atoms with Gasteiger partial charge in [0.25, 0.3) is 0 Å². The van der Waals surface area contributed by atoms with E-state index in [4.69, 9.17) is 13.3 Å². The van der Waals surface area contributed by atoms with Gasteiger partial charge in [0.2, 0.25) is 0 Å². The van der Waals surface area contributed by atoms with Gasteiger partial charge in [-0.3, -0.25) is 0 Å². The van der Waals surface area contributed by atoms with E-state index in [1.807, 2.05) is 0 Å². The van der Waals surface area contributed by atoms with Crippen LogP contribution in [0, 0.1) is 0 Å². The summed E-state index contributed by atoms with van der Waals surface area (Å²) in [4.78, 5) is 0. The van der Waals surface area contributed by atoms with E-state index in [9.17, 15) is 13.2 Å². The molecule has 1 unspecified atom stereocenters. The lowest BCUT2D eigenvalue weighted by atomic mass is 10.5. The first kappa shape index (κ1) is 16.7. The van der Waals surface area contributed by atoms with E-state index in [0.29, 0.717) is 0 Å². The van der Waals surface area contributed by atoms with Crippen LogP contribution in [0.5, 0.6) is 0 Å².